The molecule has 1 aliphatic heterocycles. The van der Waals surface area contributed by atoms with E-state index < -0.39 is 0 Å². The quantitative estimate of drug-likeness (QED) is 0.808. The average Bonchev–Trinajstić information content (AvgIpc) is 3.06. The smallest absolute Gasteiger partial charge is 0.306 e. The Morgan fingerprint density at radius 2 is 2.14 bits per heavy atom. The normalized spacial score (nSPS) is 16.6. The van der Waals surface area contributed by atoms with Gasteiger partial charge in [0.25, 0.3) is 0 Å². The van der Waals surface area contributed by atoms with Crippen LogP contribution in [0.2, 0.25) is 0 Å². The van der Waals surface area contributed by atoms with Crippen LogP contribution >= 0.6 is 0 Å². The predicted molar refractivity (Wildman–Crippen MR) is 87.2 cm³/mol. The Hall–Kier alpha value is -2.23. The van der Waals surface area contributed by atoms with Gasteiger partial charge in [-0.1, -0.05) is 12.2 Å². The van der Waals surface area contributed by atoms with Crippen LogP contribution in [0.5, 0.6) is 5.75 Å². The number of nitrogens with zero attached hydrogens (tertiary/aromatic N) is 1. The molecule has 0 N–H and O–H groups in total. The number of fused-ring (bicyclic) bond motifs is 3. The van der Waals surface area contributed by atoms with Crippen molar-refractivity contribution in [2.75, 3.05) is 14.2 Å². The van der Waals surface area contributed by atoms with Crippen LogP contribution in [0.15, 0.2) is 24.8 Å². The summed E-state index contributed by atoms with van der Waals surface area (Å²) in [7, 11) is 3.12. The molecule has 0 amide bonds. The number of aryl methyl sites for hydroxylation is 1. The molecule has 22 heavy (non-hydrogen) atoms. The number of hydrogen-bond acceptors (Lipinski definition) is 3. The molecule has 0 fully saturated rings. The van der Waals surface area contributed by atoms with Crippen LogP contribution in [0.4, 0.5) is 0 Å². The minimum absolute atomic E-state index is 0.151. The van der Waals surface area contributed by atoms with Crippen molar-refractivity contribution in [2.24, 2.45) is 0 Å². The number of benzene rings is 1. The van der Waals surface area contributed by atoms with Crippen molar-refractivity contribution in [1.29, 1.82) is 0 Å². The van der Waals surface area contributed by atoms with Crippen LogP contribution in [0, 0.1) is 0 Å². The van der Waals surface area contributed by atoms with E-state index in [1.807, 2.05) is 13.0 Å². The zero-order valence-electron chi connectivity index (χ0n) is 13.3. The second-order valence-electron chi connectivity index (χ2n) is 5.87. The highest BCUT2D eigenvalue weighted by molar-refractivity contribution is 5.94. The number of carbonyl (C=O) groups excluding carboxylic acids is 1. The van der Waals surface area contributed by atoms with Gasteiger partial charge in [0, 0.05) is 29.6 Å². The Morgan fingerprint density at radius 1 is 1.36 bits per heavy atom. The number of ether oxygens (including phenoxy) is 2. The Balaban J connectivity index is 2.13. The molecule has 0 radical (unpaired) electrons. The molecule has 0 aliphatic carbocycles. The van der Waals surface area contributed by atoms with E-state index in [1.54, 1.807) is 7.11 Å². The highest BCUT2D eigenvalue weighted by atomic mass is 16.5. The second kappa shape index (κ2) is 5.52. The van der Waals surface area contributed by atoms with E-state index in [9.17, 15) is 4.79 Å². The predicted octanol–water partition coefficient (Wildman–Crippen LogP) is 3.73. The van der Waals surface area contributed by atoms with Crippen LogP contribution in [-0.4, -0.2) is 24.8 Å². The van der Waals surface area contributed by atoms with E-state index in [1.165, 1.54) is 18.2 Å². The van der Waals surface area contributed by atoms with Crippen molar-refractivity contribution >= 4 is 22.4 Å². The summed E-state index contributed by atoms with van der Waals surface area (Å²) in [4.78, 5) is 11.6. The number of esters is 1. The fourth-order valence-corrected chi connectivity index (χ4v) is 3.33. The summed E-state index contributed by atoms with van der Waals surface area (Å²) in [6, 6.07) is 6.28. The fourth-order valence-electron chi connectivity index (χ4n) is 3.33. The lowest BCUT2D eigenvalue weighted by Gasteiger charge is -2.08. The second-order valence-corrected chi connectivity index (χ2v) is 5.87. The SMILES string of the molecule is C=C(C)c1cc(OC)cc2c1cc1n2CCC1CC(=O)OC. The molecular weight excluding hydrogens is 278 g/mol. The first-order valence-electron chi connectivity index (χ1n) is 7.49. The molecule has 0 saturated heterocycles. The maximum atomic E-state index is 11.6. The molecule has 116 valence electrons. The molecular formula is C18H21NO3. The summed E-state index contributed by atoms with van der Waals surface area (Å²) in [5.74, 6) is 0.910. The van der Waals surface area contributed by atoms with Crippen LogP contribution in [0.3, 0.4) is 0 Å². The number of methoxy groups -OCH3 is 2. The zero-order valence-corrected chi connectivity index (χ0v) is 13.3. The van der Waals surface area contributed by atoms with Gasteiger partial charge in [-0.05, 0) is 31.0 Å². The summed E-state index contributed by atoms with van der Waals surface area (Å²) in [5, 5.41) is 1.18. The average molecular weight is 299 g/mol. The van der Waals surface area contributed by atoms with Gasteiger partial charge in [-0.15, -0.1) is 0 Å². The highest BCUT2D eigenvalue weighted by Gasteiger charge is 2.28. The fraction of sp³-hybridized carbons (Fsp3) is 0.389. The maximum Gasteiger partial charge on any atom is 0.306 e. The van der Waals surface area contributed by atoms with Crippen molar-refractivity contribution in [1.82, 2.24) is 4.57 Å². The third-order valence-corrected chi connectivity index (χ3v) is 4.48. The molecule has 2 heterocycles. The van der Waals surface area contributed by atoms with Gasteiger partial charge in [0.2, 0.25) is 0 Å². The van der Waals surface area contributed by atoms with Crippen molar-refractivity contribution in [3.05, 3.63) is 36.0 Å². The highest BCUT2D eigenvalue weighted by Crippen LogP contribution is 2.40. The standard InChI is InChI=1S/C18H21NO3/c1-11(2)14-8-13(21-3)9-17-15(14)10-16-12(5-6-19(16)17)7-18(20)22-4/h8-10,12H,1,5-7H2,2-4H3. The first kappa shape index (κ1) is 14.7. The molecule has 1 aromatic heterocycles. The summed E-state index contributed by atoms with van der Waals surface area (Å²) in [5.41, 5.74) is 4.47. The molecule has 3 rings (SSSR count). The molecule has 0 spiro atoms. The number of carbonyl (C=O) groups is 1. The largest absolute Gasteiger partial charge is 0.497 e. The molecule has 1 aliphatic rings. The van der Waals surface area contributed by atoms with Crippen molar-refractivity contribution < 1.29 is 14.3 Å². The van der Waals surface area contributed by atoms with Gasteiger partial charge >= 0.3 is 5.97 Å². The van der Waals surface area contributed by atoms with Crippen molar-refractivity contribution in [3.63, 3.8) is 0 Å². The number of hydrogen-bond donors (Lipinski definition) is 0. The van der Waals surface area contributed by atoms with Gasteiger partial charge in [0.1, 0.15) is 5.75 Å². The van der Waals surface area contributed by atoms with Crippen molar-refractivity contribution in [2.45, 2.75) is 32.2 Å². The first-order chi connectivity index (χ1) is 10.5. The Kier molecular flexibility index (Phi) is 3.69. The van der Waals surface area contributed by atoms with E-state index in [4.69, 9.17) is 9.47 Å². The van der Waals surface area contributed by atoms with Gasteiger partial charge in [0.15, 0.2) is 0 Å². The number of rotatable bonds is 4. The topological polar surface area (TPSA) is 40.5 Å². The lowest BCUT2D eigenvalue weighted by atomic mass is 9.98. The molecule has 2 aromatic rings. The van der Waals surface area contributed by atoms with Crippen LogP contribution in [0.1, 0.15) is 36.9 Å². The summed E-state index contributed by atoms with van der Waals surface area (Å²) in [6.45, 7) is 7.00. The van der Waals surface area contributed by atoms with Crippen LogP contribution in [0.25, 0.3) is 16.5 Å². The van der Waals surface area contributed by atoms with E-state index in [0.29, 0.717) is 6.42 Å². The maximum absolute atomic E-state index is 11.6. The summed E-state index contributed by atoms with van der Waals surface area (Å²) < 4.78 is 12.5. The Morgan fingerprint density at radius 3 is 2.77 bits per heavy atom. The number of allylic oxidation sites excluding steroid dienone is 1. The molecule has 4 nitrogen and oxygen atoms in total. The summed E-state index contributed by atoms with van der Waals surface area (Å²) >= 11 is 0. The van der Waals surface area contributed by atoms with Crippen LogP contribution in [-0.2, 0) is 16.1 Å². The van der Waals surface area contributed by atoms with Gasteiger partial charge < -0.3 is 14.0 Å². The van der Waals surface area contributed by atoms with E-state index in [2.05, 4.69) is 23.3 Å². The Bertz CT molecular complexity index is 757. The van der Waals surface area contributed by atoms with Crippen molar-refractivity contribution in [3.8, 4) is 5.75 Å². The van der Waals surface area contributed by atoms with Gasteiger partial charge in [0.05, 0.1) is 26.2 Å². The van der Waals surface area contributed by atoms with Gasteiger partial charge in [-0.2, -0.15) is 0 Å². The van der Waals surface area contributed by atoms with E-state index >= 15 is 0 Å². The zero-order chi connectivity index (χ0) is 15.9. The van der Waals surface area contributed by atoms with Gasteiger partial charge in [-0.25, -0.2) is 0 Å². The lowest BCUT2D eigenvalue weighted by Crippen LogP contribution is -2.06. The van der Waals surface area contributed by atoms with Gasteiger partial charge in [-0.3, -0.25) is 4.79 Å². The molecule has 1 atom stereocenters. The van der Waals surface area contributed by atoms with E-state index in [-0.39, 0.29) is 11.9 Å². The molecule has 1 aromatic carbocycles. The molecule has 0 saturated carbocycles. The monoisotopic (exact) mass is 299 g/mol. The first-order valence-corrected chi connectivity index (χ1v) is 7.49. The lowest BCUT2D eigenvalue weighted by molar-refractivity contribution is -0.141. The van der Waals surface area contributed by atoms with Crippen LogP contribution < -0.4 is 4.74 Å². The summed E-state index contributed by atoms with van der Waals surface area (Å²) in [6.07, 6.45) is 1.41. The minimum atomic E-state index is -0.151. The Labute approximate surface area is 130 Å². The molecule has 1 unspecified atom stereocenters. The molecule has 0 bridgehead atoms. The molecule has 4 heteroatoms. The number of aromatic nitrogens is 1. The van der Waals surface area contributed by atoms with E-state index in [0.717, 1.165) is 35.4 Å². The third-order valence-electron chi connectivity index (χ3n) is 4.48. The minimum Gasteiger partial charge on any atom is -0.497 e. The third kappa shape index (κ3) is 2.28.